The molecule has 1 aliphatic rings. The Morgan fingerprint density at radius 2 is 1.76 bits per heavy atom. The first kappa shape index (κ1) is 13.3. The van der Waals surface area contributed by atoms with Gasteiger partial charge in [0.15, 0.2) is 11.4 Å². The molecule has 21 heavy (non-hydrogen) atoms. The molecule has 1 aliphatic heterocycles. The largest absolute Gasteiger partial charge is 0.508 e. The highest BCUT2D eigenvalue weighted by Gasteiger charge is 2.46. The van der Waals surface area contributed by atoms with Crippen molar-refractivity contribution in [3.63, 3.8) is 0 Å². The van der Waals surface area contributed by atoms with Gasteiger partial charge in [0.2, 0.25) is 0 Å². The smallest absolute Gasteiger partial charge is 0.261 e. The number of Topliss-reactive ketones (excluding diaryl/α,β-unsaturated/α-hetero) is 1. The average molecular weight is 283 g/mol. The van der Waals surface area contributed by atoms with Gasteiger partial charge in [-0.25, -0.2) is 0 Å². The predicted molar refractivity (Wildman–Crippen MR) is 76.0 cm³/mol. The Morgan fingerprint density at radius 3 is 2.48 bits per heavy atom. The Bertz CT molecular complexity index is 723. The highest BCUT2D eigenvalue weighted by atomic mass is 16.3. The highest BCUT2D eigenvalue weighted by molar-refractivity contribution is 6.09. The van der Waals surface area contributed by atoms with Crippen LogP contribution >= 0.6 is 0 Å². The molecular weight excluding hydrogens is 270 g/mol. The molecule has 106 valence electrons. The van der Waals surface area contributed by atoms with E-state index in [0.29, 0.717) is 16.8 Å². The zero-order chi connectivity index (χ0) is 15.0. The molecular formula is C16H13NO4. The first-order chi connectivity index (χ1) is 10.0. The number of aliphatic hydroxyl groups is 1. The molecule has 1 heterocycles. The number of para-hydroxylation sites is 1. The third kappa shape index (κ3) is 2.17. The molecule has 0 saturated heterocycles. The number of carbonyl (C=O) groups is 2. The molecule has 2 aromatic rings. The summed E-state index contributed by atoms with van der Waals surface area (Å²) in [5.41, 5.74) is -0.602. The van der Waals surface area contributed by atoms with Gasteiger partial charge in [0.1, 0.15) is 5.75 Å². The summed E-state index contributed by atoms with van der Waals surface area (Å²) in [7, 11) is 0. The van der Waals surface area contributed by atoms with Crippen LogP contribution in [0.3, 0.4) is 0 Å². The van der Waals surface area contributed by atoms with Gasteiger partial charge in [0, 0.05) is 16.8 Å². The van der Waals surface area contributed by atoms with Crippen LogP contribution in [0.2, 0.25) is 0 Å². The molecule has 0 bridgehead atoms. The molecule has 0 fully saturated rings. The fourth-order valence-electron chi connectivity index (χ4n) is 2.46. The number of amides is 1. The van der Waals surface area contributed by atoms with Gasteiger partial charge in [-0.2, -0.15) is 0 Å². The van der Waals surface area contributed by atoms with E-state index < -0.39 is 11.5 Å². The summed E-state index contributed by atoms with van der Waals surface area (Å²) in [5, 5.41) is 22.4. The number of rotatable bonds is 3. The van der Waals surface area contributed by atoms with Crippen molar-refractivity contribution in [2.75, 3.05) is 5.32 Å². The van der Waals surface area contributed by atoms with E-state index in [1.54, 1.807) is 24.3 Å². The highest BCUT2D eigenvalue weighted by Crippen LogP contribution is 2.38. The van der Waals surface area contributed by atoms with E-state index in [1.807, 2.05) is 0 Å². The Kier molecular flexibility index (Phi) is 2.99. The summed E-state index contributed by atoms with van der Waals surface area (Å²) in [6, 6.07) is 12.4. The lowest BCUT2D eigenvalue weighted by Crippen LogP contribution is -2.36. The molecule has 0 radical (unpaired) electrons. The first-order valence-corrected chi connectivity index (χ1v) is 6.46. The molecule has 1 amide bonds. The third-order valence-electron chi connectivity index (χ3n) is 3.60. The molecule has 0 saturated carbocycles. The number of nitrogens with one attached hydrogen (secondary N) is 1. The van der Waals surface area contributed by atoms with E-state index in [1.165, 1.54) is 24.3 Å². The van der Waals surface area contributed by atoms with Gasteiger partial charge in [0.05, 0.1) is 6.42 Å². The minimum absolute atomic E-state index is 0.0502. The van der Waals surface area contributed by atoms with Crippen LogP contribution in [0.25, 0.3) is 0 Å². The molecule has 5 nitrogen and oxygen atoms in total. The average Bonchev–Trinajstić information content (AvgIpc) is 2.71. The van der Waals surface area contributed by atoms with Crippen molar-refractivity contribution < 1.29 is 19.8 Å². The molecule has 1 unspecified atom stereocenters. The molecule has 3 N–H and O–H groups in total. The minimum Gasteiger partial charge on any atom is -0.508 e. The number of benzene rings is 2. The normalized spacial score (nSPS) is 20.0. The van der Waals surface area contributed by atoms with Crippen LogP contribution in [-0.4, -0.2) is 21.9 Å². The number of phenolic OH excluding ortho intramolecular Hbond substituents is 1. The summed E-state index contributed by atoms with van der Waals surface area (Å²) in [4.78, 5) is 24.3. The summed E-state index contributed by atoms with van der Waals surface area (Å²) >= 11 is 0. The molecule has 1 atom stereocenters. The SMILES string of the molecule is O=C(CC1(O)C(=O)Nc2ccccc21)c1ccc(O)cc1. The van der Waals surface area contributed by atoms with E-state index in [0.717, 1.165) is 0 Å². The summed E-state index contributed by atoms with van der Waals surface area (Å²) in [6.45, 7) is 0. The second kappa shape index (κ2) is 4.71. The molecule has 3 rings (SSSR count). The number of ketones is 1. The first-order valence-electron chi connectivity index (χ1n) is 6.46. The number of fused-ring (bicyclic) bond motifs is 1. The molecule has 5 heteroatoms. The lowest BCUT2D eigenvalue weighted by Gasteiger charge is -2.19. The summed E-state index contributed by atoms with van der Waals surface area (Å²) in [6.07, 6.45) is -0.347. The number of anilines is 1. The van der Waals surface area contributed by atoms with Crippen LogP contribution in [0, 0.1) is 0 Å². The van der Waals surface area contributed by atoms with Crippen molar-refractivity contribution in [1.82, 2.24) is 0 Å². The maximum Gasteiger partial charge on any atom is 0.261 e. The van der Waals surface area contributed by atoms with Gasteiger partial charge < -0.3 is 15.5 Å². The Hall–Kier alpha value is -2.66. The van der Waals surface area contributed by atoms with Crippen LogP contribution in [0.15, 0.2) is 48.5 Å². The number of carbonyl (C=O) groups excluding carboxylic acids is 2. The second-order valence-electron chi connectivity index (χ2n) is 5.01. The minimum atomic E-state index is -1.86. The number of hydrogen-bond donors (Lipinski definition) is 3. The van der Waals surface area contributed by atoms with E-state index in [9.17, 15) is 19.8 Å². The van der Waals surface area contributed by atoms with E-state index in [4.69, 9.17) is 0 Å². The van der Waals surface area contributed by atoms with Crippen molar-refractivity contribution in [2.45, 2.75) is 12.0 Å². The molecule has 0 aliphatic carbocycles. The lowest BCUT2D eigenvalue weighted by molar-refractivity contribution is -0.133. The second-order valence-corrected chi connectivity index (χ2v) is 5.01. The lowest BCUT2D eigenvalue weighted by atomic mass is 9.88. The van der Waals surface area contributed by atoms with Crippen LogP contribution in [0.4, 0.5) is 5.69 Å². The van der Waals surface area contributed by atoms with E-state index >= 15 is 0 Å². The van der Waals surface area contributed by atoms with Crippen LogP contribution < -0.4 is 5.32 Å². The third-order valence-corrected chi connectivity index (χ3v) is 3.60. The van der Waals surface area contributed by atoms with Gasteiger partial charge in [-0.15, -0.1) is 0 Å². The quantitative estimate of drug-likeness (QED) is 0.750. The van der Waals surface area contributed by atoms with Gasteiger partial charge in [-0.1, -0.05) is 18.2 Å². The predicted octanol–water partition coefficient (Wildman–Crippen LogP) is 1.80. The van der Waals surface area contributed by atoms with Gasteiger partial charge >= 0.3 is 0 Å². The van der Waals surface area contributed by atoms with Crippen molar-refractivity contribution >= 4 is 17.4 Å². The van der Waals surface area contributed by atoms with Crippen molar-refractivity contribution in [3.8, 4) is 5.75 Å². The van der Waals surface area contributed by atoms with Gasteiger partial charge in [0.25, 0.3) is 5.91 Å². The van der Waals surface area contributed by atoms with Crippen LogP contribution in [0.1, 0.15) is 22.3 Å². The van der Waals surface area contributed by atoms with Gasteiger partial charge in [-0.3, -0.25) is 9.59 Å². The standard InChI is InChI=1S/C16H13NO4/c18-11-7-5-10(6-8-11)14(19)9-16(21)12-3-1-2-4-13(12)17-15(16)20/h1-8,18,21H,9H2,(H,17,20). The van der Waals surface area contributed by atoms with Crippen LogP contribution in [0.5, 0.6) is 5.75 Å². The van der Waals surface area contributed by atoms with Crippen molar-refractivity contribution in [2.24, 2.45) is 0 Å². The topological polar surface area (TPSA) is 86.6 Å². The van der Waals surface area contributed by atoms with E-state index in [2.05, 4.69) is 5.32 Å². The Balaban J connectivity index is 1.92. The monoisotopic (exact) mass is 283 g/mol. The Labute approximate surface area is 120 Å². The maximum atomic E-state index is 12.3. The zero-order valence-corrected chi connectivity index (χ0v) is 11.0. The number of aromatic hydroxyl groups is 1. The van der Waals surface area contributed by atoms with E-state index in [-0.39, 0.29) is 18.0 Å². The van der Waals surface area contributed by atoms with Gasteiger partial charge in [-0.05, 0) is 30.3 Å². The zero-order valence-electron chi connectivity index (χ0n) is 11.0. The fourth-order valence-corrected chi connectivity index (χ4v) is 2.46. The number of hydrogen-bond acceptors (Lipinski definition) is 4. The maximum absolute atomic E-state index is 12.3. The molecule has 0 spiro atoms. The number of phenols is 1. The van der Waals surface area contributed by atoms with Crippen molar-refractivity contribution in [3.05, 3.63) is 59.7 Å². The van der Waals surface area contributed by atoms with Crippen LogP contribution in [-0.2, 0) is 10.4 Å². The van der Waals surface area contributed by atoms with Crippen molar-refractivity contribution in [1.29, 1.82) is 0 Å². The molecule has 0 aromatic heterocycles. The summed E-state index contributed by atoms with van der Waals surface area (Å²) in [5.74, 6) is -0.922. The fraction of sp³-hybridized carbons (Fsp3) is 0.125. The molecule has 2 aromatic carbocycles. The Morgan fingerprint density at radius 1 is 1.10 bits per heavy atom. The summed E-state index contributed by atoms with van der Waals surface area (Å²) < 4.78 is 0.